The van der Waals surface area contributed by atoms with E-state index in [2.05, 4.69) is 19.9 Å². The van der Waals surface area contributed by atoms with Crippen molar-refractivity contribution in [2.24, 2.45) is 0 Å². The average molecular weight is 615 g/mol. The molecule has 14 nitrogen and oxygen atoms in total. The van der Waals surface area contributed by atoms with Crippen molar-refractivity contribution in [2.45, 2.75) is 11.0 Å². The smallest absolute Gasteiger partial charge is 0.243 e. The monoisotopic (exact) mass is 614 g/mol. The minimum absolute atomic E-state index is 0.0323. The molecule has 42 heavy (non-hydrogen) atoms. The quantitative estimate of drug-likeness (QED) is 0.250. The minimum Gasteiger partial charge on any atom is -0.494 e. The number of anilines is 1. The lowest BCUT2D eigenvalue weighted by atomic mass is 10.1. The maximum absolute atomic E-state index is 13.4. The SMILES string of the molecule is COc1cccc(-c2nnc(NS(=O)(=O)C[C@@H](O)c3ccc(C#N)cc3S(C)(=O)=O)n2-c2c(OC)cccc2OC)n1. The van der Waals surface area contributed by atoms with E-state index in [1.54, 1.807) is 36.4 Å². The molecule has 220 valence electrons. The van der Waals surface area contributed by atoms with Gasteiger partial charge in [0.25, 0.3) is 0 Å². The molecule has 0 radical (unpaired) electrons. The number of hydrogen-bond donors (Lipinski definition) is 2. The zero-order valence-corrected chi connectivity index (χ0v) is 24.5. The van der Waals surface area contributed by atoms with E-state index in [9.17, 15) is 21.9 Å². The Morgan fingerprint density at radius 1 is 0.976 bits per heavy atom. The van der Waals surface area contributed by atoms with Crippen LogP contribution in [0.5, 0.6) is 17.4 Å². The van der Waals surface area contributed by atoms with Crippen molar-refractivity contribution in [1.29, 1.82) is 5.26 Å². The summed E-state index contributed by atoms with van der Waals surface area (Å²) in [5, 5.41) is 28.2. The van der Waals surface area contributed by atoms with E-state index in [0.29, 0.717) is 0 Å². The van der Waals surface area contributed by atoms with Crippen LogP contribution in [-0.4, -0.2) is 75.0 Å². The van der Waals surface area contributed by atoms with Gasteiger partial charge in [-0.1, -0.05) is 18.2 Å². The Labute approximate surface area is 242 Å². The van der Waals surface area contributed by atoms with Crippen LogP contribution in [0.25, 0.3) is 17.2 Å². The van der Waals surface area contributed by atoms with E-state index < -0.39 is 31.7 Å². The van der Waals surface area contributed by atoms with Gasteiger partial charge >= 0.3 is 0 Å². The lowest BCUT2D eigenvalue weighted by Crippen LogP contribution is -2.24. The van der Waals surface area contributed by atoms with Crippen LogP contribution >= 0.6 is 0 Å². The number of nitrogens with zero attached hydrogens (tertiary/aromatic N) is 5. The second kappa shape index (κ2) is 12.0. The number of ether oxygens (including phenoxy) is 3. The molecule has 0 fully saturated rings. The van der Waals surface area contributed by atoms with Crippen molar-refractivity contribution in [3.63, 3.8) is 0 Å². The molecular weight excluding hydrogens is 588 g/mol. The maximum atomic E-state index is 13.4. The van der Waals surface area contributed by atoms with E-state index in [1.165, 1.54) is 38.0 Å². The molecule has 2 heterocycles. The molecule has 16 heteroatoms. The number of sulfone groups is 1. The molecule has 0 amide bonds. The van der Waals surface area contributed by atoms with Crippen molar-refractivity contribution in [3.8, 4) is 40.7 Å². The van der Waals surface area contributed by atoms with Gasteiger partial charge in [-0.2, -0.15) is 5.26 Å². The molecule has 0 aliphatic carbocycles. The molecular formula is C26H26N6O8S2. The van der Waals surface area contributed by atoms with Gasteiger partial charge in [0.15, 0.2) is 15.7 Å². The van der Waals surface area contributed by atoms with Crippen molar-refractivity contribution in [3.05, 3.63) is 65.7 Å². The highest BCUT2D eigenvalue weighted by Gasteiger charge is 2.29. The lowest BCUT2D eigenvalue weighted by Gasteiger charge is -2.19. The van der Waals surface area contributed by atoms with Crippen LogP contribution in [0.2, 0.25) is 0 Å². The van der Waals surface area contributed by atoms with Gasteiger partial charge < -0.3 is 19.3 Å². The molecule has 0 aliphatic heterocycles. The number of pyridine rings is 1. The van der Waals surface area contributed by atoms with Gasteiger partial charge in [0.2, 0.25) is 21.9 Å². The predicted octanol–water partition coefficient (Wildman–Crippen LogP) is 2.11. The summed E-state index contributed by atoms with van der Waals surface area (Å²) in [7, 11) is -4.06. The molecule has 0 saturated carbocycles. The zero-order chi connectivity index (χ0) is 30.7. The lowest BCUT2D eigenvalue weighted by molar-refractivity contribution is 0.198. The number of nitriles is 1. The highest BCUT2D eigenvalue weighted by Crippen LogP contribution is 2.38. The van der Waals surface area contributed by atoms with Gasteiger partial charge in [-0.25, -0.2) is 21.8 Å². The number of rotatable bonds is 11. The third-order valence-electron chi connectivity index (χ3n) is 5.98. The van der Waals surface area contributed by atoms with Gasteiger partial charge in [0.1, 0.15) is 22.9 Å². The van der Waals surface area contributed by atoms with Crippen LogP contribution in [0.1, 0.15) is 17.2 Å². The van der Waals surface area contributed by atoms with Crippen LogP contribution in [0.15, 0.2) is 59.5 Å². The summed E-state index contributed by atoms with van der Waals surface area (Å²) in [6.07, 6.45) is -0.888. The number of methoxy groups -OCH3 is 3. The molecule has 0 bridgehead atoms. The number of para-hydroxylation sites is 1. The molecule has 1 atom stereocenters. The van der Waals surface area contributed by atoms with Crippen LogP contribution in [0.3, 0.4) is 0 Å². The van der Waals surface area contributed by atoms with Crippen molar-refractivity contribution in [1.82, 2.24) is 19.7 Å². The molecule has 2 N–H and O–H groups in total. The summed E-state index contributed by atoms with van der Waals surface area (Å²) in [5.74, 6) is -0.315. The van der Waals surface area contributed by atoms with Gasteiger partial charge in [0.05, 0.1) is 49.7 Å². The molecule has 4 aromatic rings. The standard InChI is InChI=1S/C26H26N6O8S2/c1-38-20-8-6-9-21(39-2)24(20)32-25(18-7-5-10-23(28-18)40-3)29-30-26(32)31-42(36,37)15-19(33)17-12-11-16(14-27)13-22(17)41(4,34)35/h5-13,19,33H,15H2,1-4H3,(H,30,31)/t19-/m1/s1. The Kier molecular flexibility index (Phi) is 8.66. The van der Waals surface area contributed by atoms with Crippen molar-refractivity contribution >= 4 is 25.8 Å². The molecule has 0 unspecified atom stereocenters. The van der Waals surface area contributed by atoms with Gasteiger partial charge in [0, 0.05) is 17.9 Å². The molecule has 4 rings (SSSR count). The fourth-order valence-corrected chi connectivity index (χ4v) is 6.17. The Hall–Kier alpha value is -4.72. The Bertz CT molecular complexity index is 1860. The second-order valence-corrected chi connectivity index (χ2v) is 12.5. The van der Waals surface area contributed by atoms with Gasteiger partial charge in [-0.3, -0.25) is 9.29 Å². The first-order chi connectivity index (χ1) is 19.9. The number of sulfonamides is 1. The highest BCUT2D eigenvalue weighted by atomic mass is 32.2. The highest BCUT2D eigenvalue weighted by molar-refractivity contribution is 7.92. The molecule has 0 aliphatic rings. The Morgan fingerprint density at radius 2 is 1.64 bits per heavy atom. The fourth-order valence-electron chi connectivity index (χ4n) is 4.11. The van der Waals surface area contributed by atoms with Crippen LogP contribution in [0.4, 0.5) is 5.95 Å². The number of hydrogen-bond acceptors (Lipinski definition) is 12. The van der Waals surface area contributed by atoms with Crippen molar-refractivity contribution in [2.75, 3.05) is 38.1 Å². The number of aliphatic hydroxyl groups excluding tert-OH is 1. The van der Waals surface area contributed by atoms with E-state index in [-0.39, 0.29) is 56.6 Å². The van der Waals surface area contributed by atoms with E-state index in [4.69, 9.17) is 19.5 Å². The summed E-state index contributed by atoms with van der Waals surface area (Å²) in [4.78, 5) is 4.02. The molecule has 0 spiro atoms. The minimum atomic E-state index is -4.42. The molecule has 0 saturated heterocycles. The topological polar surface area (TPSA) is 196 Å². The summed E-state index contributed by atoms with van der Waals surface area (Å²) < 4.78 is 71.3. The summed E-state index contributed by atoms with van der Waals surface area (Å²) in [6.45, 7) is 0. The molecule has 2 aromatic heterocycles. The third kappa shape index (κ3) is 6.28. The third-order valence-corrected chi connectivity index (χ3v) is 8.38. The summed E-state index contributed by atoms with van der Waals surface area (Å²) >= 11 is 0. The fraction of sp³-hybridized carbons (Fsp3) is 0.231. The van der Waals surface area contributed by atoms with Crippen LogP contribution < -0.4 is 18.9 Å². The number of aliphatic hydroxyl groups is 1. The largest absolute Gasteiger partial charge is 0.494 e. The zero-order valence-electron chi connectivity index (χ0n) is 22.8. The van der Waals surface area contributed by atoms with E-state index in [1.807, 2.05) is 6.07 Å². The number of nitrogens with one attached hydrogen (secondary N) is 1. The maximum Gasteiger partial charge on any atom is 0.243 e. The van der Waals surface area contributed by atoms with Gasteiger partial charge in [-0.05, 0) is 30.3 Å². The first kappa shape index (κ1) is 30.2. The summed E-state index contributed by atoms with van der Waals surface area (Å²) in [6, 6.07) is 15.2. The van der Waals surface area contributed by atoms with Crippen LogP contribution in [0, 0.1) is 11.3 Å². The number of aromatic nitrogens is 4. The number of benzene rings is 2. The average Bonchev–Trinajstić information content (AvgIpc) is 3.37. The normalized spacial score (nSPS) is 12.3. The van der Waals surface area contributed by atoms with Crippen LogP contribution in [-0.2, 0) is 19.9 Å². The Balaban J connectivity index is 1.81. The first-order valence-electron chi connectivity index (χ1n) is 12.0. The summed E-state index contributed by atoms with van der Waals surface area (Å²) in [5.41, 5.74) is 0.369. The molecule has 2 aromatic carbocycles. The Morgan fingerprint density at radius 3 is 2.24 bits per heavy atom. The van der Waals surface area contributed by atoms with E-state index >= 15 is 0 Å². The van der Waals surface area contributed by atoms with E-state index in [0.717, 1.165) is 12.3 Å². The second-order valence-electron chi connectivity index (χ2n) is 8.79. The first-order valence-corrected chi connectivity index (χ1v) is 15.6. The predicted molar refractivity (Wildman–Crippen MR) is 151 cm³/mol. The van der Waals surface area contributed by atoms with Gasteiger partial charge in [-0.15, -0.1) is 10.2 Å². The van der Waals surface area contributed by atoms with Crippen molar-refractivity contribution < 1.29 is 36.2 Å².